The zero-order valence-electron chi connectivity index (χ0n) is 9.69. The van der Waals surface area contributed by atoms with Gasteiger partial charge in [-0.1, -0.05) is 0 Å². The summed E-state index contributed by atoms with van der Waals surface area (Å²) >= 11 is 0. The van der Waals surface area contributed by atoms with Crippen molar-refractivity contribution in [3.63, 3.8) is 0 Å². The van der Waals surface area contributed by atoms with Crippen LogP contribution in [0.25, 0.3) is 0 Å². The standard InChI is InChI=1S/C12H17NO3/c1-8-11(12(14)15)5-10(16-8)7-13(2)6-9-3-4-9/h5,9H,3-4,6-7H2,1-2H3,(H,14,15). The number of carboxylic acid groups (broad SMARTS) is 1. The number of aromatic carboxylic acids is 1. The van der Waals surface area contributed by atoms with Gasteiger partial charge in [-0.25, -0.2) is 4.79 Å². The maximum Gasteiger partial charge on any atom is 0.339 e. The Hall–Kier alpha value is -1.29. The van der Waals surface area contributed by atoms with Gasteiger partial charge in [-0.3, -0.25) is 4.90 Å². The number of hydrogen-bond donors (Lipinski definition) is 1. The van der Waals surface area contributed by atoms with Crippen molar-refractivity contribution >= 4 is 5.97 Å². The first kappa shape index (κ1) is 11.2. The molecule has 0 amide bonds. The molecule has 2 rings (SSSR count). The Balaban J connectivity index is 1.97. The maximum absolute atomic E-state index is 10.8. The van der Waals surface area contributed by atoms with Crippen LogP contribution in [0.15, 0.2) is 10.5 Å². The fourth-order valence-corrected chi connectivity index (χ4v) is 1.91. The third-order valence-electron chi connectivity index (χ3n) is 2.89. The Morgan fingerprint density at radius 3 is 2.81 bits per heavy atom. The van der Waals surface area contributed by atoms with Gasteiger partial charge in [0.25, 0.3) is 0 Å². The van der Waals surface area contributed by atoms with Gasteiger partial charge in [-0.2, -0.15) is 0 Å². The number of aryl methyl sites for hydroxylation is 1. The van der Waals surface area contributed by atoms with Gasteiger partial charge in [0.15, 0.2) is 0 Å². The second-order valence-corrected chi connectivity index (χ2v) is 4.63. The summed E-state index contributed by atoms with van der Waals surface area (Å²) in [6.45, 7) is 3.45. The first-order valence-electron chi connectivity index (χ1n) is 5.57. The minimum absolute atomic E-state index is 0.273. The van der Waals surface area contributed by atoms with Gasteiger partial charge in [0.2, 0.25) is 0 Å². The van der Waals surface area contributed by atoms with Crippen LogP contribution in [0.3, 0.4) is 0 Å². The summed E-state index contributed by atoms with van der Waals surface area (Å²) in [7, 11) is 2.04. The quantitative estimate of drug-likeness (QED) is 0.830. The lowest BCUT2D eigenvalue weighted by Crippen LogP contribution is -2.20. The predicted molar refractivity (Wildman–Crippen MR) is 59.5 cm³/mol. The Morgan fingerprint density at radius 1 is 1.62 bits per heavy atom. The minimum Gasteiger partial charge on any atom is -0.478 e. The SMILES string of the molecule is Cc1oc(CN(C)CC2CC2)cc1C(=O)O. The Kier molecular flexibility index (Phi) is 3.01. The molecule has 0 saturated heterocycles. The van der Waals surface area contributed by atoms with Gasteiger partial charge in [0.05, 0.1) is 6.54 Å². The highest BCUT2D eigenvalue weighted by molar-refractivity contribution is 5.88. The zero-order chi connectivity index (χ0) is 11.7. The lowest BCUT2D eigenvalue weighted by Gasteiger charge is -2.13. The van der Waals surface area contributed by atoms with Gasteiger partial charge in [-0.15, -0.1) is 0 Å². The van der Waals surface area contributed by atoms with E-state index in [0.717, 1.165) is 18.2 Å². The Morgan fingerprint density at radius 2 is 2.31 bits per heavy atom. The Bertz CT molecular complexity index is 393. The fourth-order valence-electron chi connectivity index (χ4n) is 1.91. The summed E-state index contributed by atoms with van der Waals surface area (Å²) in [6.07, 6.45) is 2.64. The lowest BCUT2D eigenvalue weighted by molar-refractivity contribution is 0.0695. The average molecular weight is 223 g/mol. The van der Waals surface area contributed by atoms with Crippen molar-refractivity contribution in [1.29, 1.82) is 0 Å². The van der Waals surface area contributed by atoms with Gasteiger partial charge in [-0.05, 0) is 38.8 Å². The van der Waals surface area contributed by atoms with E-state index < -0.39 is 5.97 Å². The maximum atomic E-state index is 10.8. The van der Waals surface area contributed by atoms with Crippen LogP contribution in [-0.4, -0.2) is 29.6 Å². The smallest absolute Gasteiger partial charge is 0.339 e. The van der Waals surface area contributed by atoms with Gasteiger partial charge < -0.3 is 9.52 Å². The van der Waals surface area contributed by atoms with E-state index in [-0.39, 0.29) is 5.56 Å². The van der Waals surface area contributed by atoms with E-state index in [1.165, 1.54) is 12.8 Å². The number of rotatable bonds is 5. The summed E-state index contributed by atoms with van der Waals surface area (Å²) in [5.74, 6) is 1.14. The van der Waals surface area contributed by atoms with Crippen LogP contribution in [-0.2, 0) is 6.54 Å². The summed E-state index contributed by atoms with van der Waals surface area (Å²) in [5.41, 5.74) is 0.273. The monoisotopic (exact) mass is 223 g/mol. The van der Waals surface area contributed by atoms with Crippen LogP contribution in [0.4, 0.5) is 0 Å². The van der Waals surface area contributed by atoms with E-state index in [4.69, 9.17) is 9.52 Å². The number of hydrogen-bond acceptors (Lipinski definition) is 3. The van der Waals surface area contributed by atoms with Crippen molar-refractivity contribution in [1.82, 2.24) is 4.90 Å². The molecule has 0 atom stereocenters. The topological polar surface area (TPSA) is 53.7 Å². The first-order valence-corrected chi connectivity index (χ1v) is 5.57. The zero-order valence-corrected chi connectivity index (χ0v) is 9.69. The highest BCUT2D eigenvalue weighted by Gasteiger charge is 2.23. The van der Waals surface area contributed by atoms with Crippen LogP contribution in [0.5, 0.6) is 0 Å². The van der Waals surface area contributed by atoms with E-state index in [1.54, 1.807) is 13.0 Å². The molecule has 0 aromatic carbocycles. The lowest BCUT2D eigenvalue weighted by atomic mass is 10.2. The molecular weight excluding hydrogens is 206 g/mol. The van der Waals surface area contributed by atoms with Crippen molar-refractivity contribution in [2.75, 3.05) is 13.6 Å². The normalized spacial score (nSPS) is 15.7. The summed E-state index contributed by atoms with van der Waals surface area (Å²) in [4.78, 5) is 13.0. The predicted octanol–water partition coefficient (Wildman–Crippen LogP) is 2.13. The molecule has 16 heavy (non-hydrogen) atoms. The summed E-state index contributed by atoms with van der Waals surface area (Å²) in [5, 5.41) is 8.89. The molecule has 1 aliphatic carbocycles. The molecule has 0 spiro atoms. The highest BCUT2D eigenvalue weighted by atomic mass is 16.4. The van der Waals surface area contributed by atoms with Crippen molar-refractivity contribution in [3.05, 3.63) is 23.2 Å². The van der Waals surface area contributed by atoms with Crippen molar-refractivity contribution in [3.8, 4) is 0 Å². The summed E-state index contributed by atoms with van der Waals surface area (Å²) < 4.78 is 5.43. The largest absolute Gasteiger partial charge is 0.478 e. The second kappa shape index (κ2) is 4.29. The molecule has 4 nitrogen and oxygen atoms in total. The minimum atomic E-state index is -0.919. The third-order valence-corrected chi connectivity index (χ3v) is 2.89. The number of carboxylic acids is 1. The van der Waals surface area contributed by atoms with Crippen molar-refractivity contribution < 1.29 is 14.3 Å². The van der Waals surface area contributed by atoms with Crippen molar-refractivity contribution in [2.24, 2.45) is 5.92 Å². The van der Waals surface area contributed by atoms with E-state index in [0.29, 0.717) is 12.3 Å². The van der Waals surface area contributed by atoms with Gasteiger partial charge >= 0.3 is 5.97 Å². The van der Waals surface area contributed by atoms with E-state index >= 15 is 0 Å². The number of furan rings is 1. The molecule has 1 N–H and O–H groups in total. The van der Waals surface area contributed by atoms with Crippen molar-refractivity contribution in [2.45, 2.75) is 26.3 Å². The molecule has 0 bridgehead atoms. The third kappa shape index (κ3) is 2.64. The molecule has 4 heteroatoms. The number of carbonyl (C=O) groups is 1. The van der Waals surface area contributed by atoms with Crippen LogP contribution in [0.1, 0.15) is 34.7 Å². The van der Waals surface area contributed by atoms with Gasteiger partial charge in [0, 0.05) is 6.54 Å². The van der Waals surface area contributed by atoms with E-state index in [1.807, 2.05) is 7.05 Å². The van der Waals surface area contributed by atoms with E-state index in [2.05, 4.69) is 4.90 Å². The molecule has 0 unspecified atom stereocenters. The highest BCUT2D eigenvalue weighted by Crippen LogP contribution is 2.29. The molecule has 1 heterocycles. The van der Waals surface area contributed by atoms with Crippen LogP contribution in [0, 0.1) is 12.8 Å². The van der Waals surface area contributed by atoms with Crippen LogP contribution >= 0.6 is 0 Å². The molecular formula is C12H17NO3. The number of nitrogens with zero attached hydrogens (tertiary/aromatic N) is 1. The summed E-state index contributed by atoms with van der Waals surface area (Å²) in [6, 6.07) is 1.63. The first-order chi connectivity index (χ1) is 7.56. The molecule has 0 aliphatic heterocycles. The average Bonchev–Trinajstić information content (AvgIpc) is 2.89. The molecule has 88 valence electrons. The molecule has 1 aromatic rings. The molecule has 1 fully saturated rings. The fraction of sp³-hybridized carbons (Fsp3) is 0.583. The molecule has 1 aliphatic rings. The molecule has 1 aromatic heterocycles. The molecule has 0 radical (unpaired) electrons. The van der Waals surface area contributed by atoms with Gasteiger partial charge in [0.1, 0.15) is 17.1 Å². The van der Waals surface area contributed by atoms with E-state index in [9.17, 15) is 4.79 Å². The Labute approximate surface area is 94.9 Å². The van der Waals surface area contributed by atoms with Crippen LogP contribution < -0.4 is 0 Å². The van der Waals surface area contributed by atoms with Crippen LogP contribution in [0.2, 0.25) is 0 Å². The molecule has 1 saturated carbocycles. The second-order valence-electron chi connectivity index (χ2n) is 4.63.